The SMILES string of the molecule is O=C(NC1CCCCC1)C1CCC(C(=O)N2CCN(c3ncccn3)CC2)CC1. The summed E-state index contributed by atoms with van der Waals surface area (Å²) >= 11 is 0. The number of hydrogen-bond acceptors (Lipinski definition) is 5. The molecule has 7 heteroatoms. The molecule has 2 heterocycles. The van der Waals surface area contributed by atoms with Crippen LogP contribution in [0.4, 0.5) is 5.95 Å². The Morgan fingerprint density at radius 3 is 2.10 bits per heavy atom. The van der Waals surface area contributed by atoms with Crippen molar-refractivity contribution in [2.75, 3.05) is 31.1 Å². The lowest BCUT2D eigenvalue weighted by molar-refractivity contribution is -0.138. The highest BCUT2D eigenvalue weighted by molar-refractivity contribution is 5.81. The van der Waals surface area contributed by atoms with Gasteiger partial charge in [0.25, 0.3) is 0 Å². The van der Waals surface area contributed by atoms with Gasteiger partial charge in [0.2, 0.25) is 17.8 Å². The van der Waals surface area contributed by atoms with E-state index in [0.29, 0.717) is 6.04 Å². The number of nitrogens with zero attached hydrogens (tertiary/aromatic N) is 4. The molecule has 158 valence electrons. The molecule has 0 unspecified atom stereocenters. The Morgan fingerprint density at radius 2 is 1.45 bits per heavy atom. The van der Waals surface area contributed by atoms with E-state index in [0.717, 1.165) is 70.7 Å². The van der Waals surface area contributed by atoms with Crippen LogP contribution in [0, 0.1) is 11.8 Å². The normalized spacial score (nSPS) is 26.2. The number of nitrogens with one attached hydrogen (secondary N) is 1. The lowest BCUT2D eigenvalue weighted by Crippen LogP contribution is -2.51. The van der Waals surface area contributed by atoms with Crippen molar-refractivity contribution in [3.8, 4) is 0 Å². The first kappa shape index (κ1) is 20.1. The first-order chi connectivity index (χ1) is 14.2. The van der Waals surface area contributed by atoms with Gasteiger partial charge < -0.3 is 15.1 Å². The van der Waals surface area contributed by atoms with Gasteiger partial charge in [-0.05, 0) is 44.6 Å². The second kappa shape index (κ2) is 9.55. The van der Waals surface area contributed by atoms with Crippen molar-refractivity contribution in [3.63, 3.8) is 0 Å². The van der Waals surface area contributed by atoms with Crippen LogP contribution in [0.3, 0.4) is 0 Å². The molecule has 1 N–H and O–H groups in total. The van der Waals surface area contributed by atoms with E-state index in [1.807, 2.05) is 11.0 Å². The first-order valence-electron chi connectivity index (χ1n) is 11.3. The molecule has 2 aliphatic carbocycles. The minimum atomic E-state index is 0.0771. The van der Waals surface area contributed by atoms with Gasteiger partial charge in [0, 0.05) is 56.5 Å². The second-order valence-electron chi connectivity index (χ2n) is 8.75. The van der Waals surface area contributed by atoms with Crippen LogP contribution in [0.25, 0.3) is 0 Å². The molecule has 0 aromatic carbocycles. The van der Waals surface area contributed by atoms with Crippen LogP contribution >= 0.6 is 0 Å². The molecule has 1 aromatic rings. The third-order valence-corrected chi connectivity index (χ3v) is 6.83. The Labute approximate surface area is 173 Å². The van der Waals surface area contributed by atoms with Crippen LogP contribution in [-0.4, -0.2) is 58.9 Å². The van der Waals surface area contributed by atoms with Gasteiger partial charge in [-0.1, -0.05) is 19.3 Å². The Bertz CT molecular complexity index is 676. The average Bonchev–Trinajstić information content (AvgIpc) is 2.80. The number of carbonyl (C=O) groups is 2. The van der Waals surface area contributed by atoms with Crippen molar-refractivity contribution in [2.45, 2.75) is 63.8 Å². The summed E-state index contributed by atoms with van der Waals surface area (Å²) in [5, 5.41) is 3.26. The van der Waals surface area contributed by atoms with Crippen LogP contribution in [-0.2, 0) is 9.59 Å². The van der Waals surface area contributed by atoms with E-state index >= 15 is 0 Å². The number of amides is 2. The number of anilines is 1. The van der Waals surface area contributed by atoms with Crippen LogP contribution < -0.4 is 10.2 Å². The molecule has 0 radical (unpaired) electrons. The highest BCUT2D eigenvalue weighted by Gasteiger charge is 2.34. The number of hydrogen-bond donors (Lipinski definition) is 1. The van der Waals surface area contributed by atoms with E-state index in [-0.39, 0.29) is 23.7 Å². The highest BCUT2D eigenvalue weighted by atomic mass is 16.2. The van der Waals surface area contributed by atoms with Gasteiger partial charge >= 0.3 is 0 Å². The minimum Gasteiger partial charge on any atom is -0.353 e. The van der Waals surface area contributed by atoms with Crippen molar-refractivity contribution in [2.24, 2.45) is 11.8 Å². The maximum Gasteiger partial charge on any atom is 0.225 e. The van der Waals surface area contributed by atoms with Gasteiger partial charge in [0.15, 0.2) is 0 Å². The lowest BCUT2D eigenvalue weighted by Gasteiger charge is -2.37. The van der Waals surface area contributed by atoms with Crippen LogP contribution in [0.15, 0.2) is 18.5 Å². The highest BCUT2D eigenvalue weighted by Crippen LogP contribution is 2.31. The van der Waals surface area contributed by atoms with Crippen molar-refractivity contribution >= 4 is 17.8 Å². The summed E-state index contributed by atoms with van der Waals surface area (Å²) in [6.45, 7) is 2.99. The van der Waals surface area contributed by atoms with Crippen LogP contribution in [0.5, 0.6) is 0 Å². The number of carbonyl (C=O) groups excluding carboxylic acids is 2. The van der Waals surface area contributed by atoms with Crippen LogP contribution in [0.1, 0.15) is 57.8 Å². The van der Waals surface area contributed by atoms with Gasteiger partial charge in [0.1, 0.15) is 0 Å². The molecule has 29 heavy (non-hydrogen) atoms. The maximum absolute atomic E-state index is 13.0. The van der Waals surface area contributed by atoms with E-state index in [4.69, 9.17) is 0 Å². The molecule has 3 fully saturated rings. The standard InChI is InChI=1S/C22H33N5O2/c28-20(25-19-5-2-1-3-6-19)17-7-9-18(10-8-17)21(29)26-13-15-27(16-14-26)22-23-11-4-12-24-22/h4,11-12,17-19H,1-3,5-10,13-16H2,(H,25,28). The summed E-state index contributed by atoms with van der Waals surface area (Å²) < 4.78 is 0. The predicted molar refractivity (Wildman–Crippen MR) is 111 cm³/mol. The molecule has 0 atom stereocenters. The molecule has 2 amide bonds. The smallest absolute Gasteiger partial charge is 0.225 e. The number of piperazine rings is 1. The summed E-state index contributed by atoms with van der Waals surface area (Å²) in [6.07, 6.45) is 12.9. The summed E-state index contributed by atoms with van der Waals surface area (Å²) in [6, 6.07) is 2.19. The zero-order valence-electron chi connectivity index (χ0n) is 17.3. The molecular weight excluding hydrogens is 366 g/mol. The summed E-state index contributed by atoms with van der Waals surface area (Å²) in [7, 11) is 0. The molecule has 4 rings (SSSR count). The average molecular weight is 400 g/mol. The molecular formula is C22H33N5O2. The fraction of sp³-hybridized carbons (Fsp3) is 0.727. The quantitative estimate of drug-likeness (QED) is 0.841. The number of rotatable bonds is 4. The third kappa shape index (κ3) is 5.06. The molecule has 2 saturated carbocycles. The first-order valence-corrected chi connectivity index (χ1v) is 11.3. The molecule has 7 nitrogen and oxygen atoms in total. The largest absolute Gasteiger partial charge is 0.353 e. The topological polar surface area (TPSA) is 78.4 Å². The molecule has 1 saturated heterocycles. The molecule has 1 aromatic heterocycles. The summed E-state index contributed by atoms with van der Waals surface area (Å²) in [5.74, 6) is 1.40. The van der Waals surface area contributed by atoms with Gasteiger partial charge in [-0.3, -0.25) is 9.59 Å². The van der Waals surface area contributed by atoms with Crippen molar-refractivity contribution in [1.82, 2.24) is 20.2 Å². The van der Waals surface area contributed by atoms with Gasteiger partial charge in [-0.25, -0.2) is 9.97 Å². The predicted octanol–water partition coefficient (Wildman–Crippen LogP) is 2.38. The maximum atomic E-state index is 13.0. The number of aromatic nitrogens is 2. The van der Waals surface area contributed by atoms with E-state index in [9.17, 15) is 9.59 Å². The summed E-state index contributed by atoms with van der Waals surface area (Å²) in [4.78, 5) is 38.3. The van der Waals surface area contributed by atoms with E-state index in [2.05, 4.69) is 20.2 Å². The van der Waals surface area contributed by atoms with Gasteiger partial charge in [-0.2, -0.15) is 0 Å². The molecule has 0 bridgehead atoms. The fourth-order valence-electron chi connectivity index (χ4n) is 5.01. The Morgan fingerprint density at radius 1 is 0.828 bits per heavy atom. The zero-order valence-corrected chi connectivity index (χ0v) is 17.3. The molecule has 0 spiro atoms. The monoisotopic (exact) mass is 399 g/mol. The molecule has 1 aliphatic heterocycles. The van der Waals surface area contributed by atoms with Gasteiger partial charge in [0.05, 0.1) is 0 Å². The summed E-state index contributed by atoms with van der Waals surface area (Å²) in [5.41, 5.74) is 0. The van der Waals surface area contributed by atoms with Gasteiger partial charge in [-0.15, -0.1) is 0 Å². The third-order valence-electron chi connectivity index (χ3n) is 6.83. The Balaban J connectivity index is 1.20. The van der Waals surface area contributed by atoms with Crippen molar-refractivity contribution in [1.29, 1.82) is 0 Å². The van der Waals surface area contributed by atoms with E-state index < -0.39 is 0 Å². The zero-order chi connectivity index (χ0) is 20.1. The van der Waals surface area contributed by atoms with Crippen molar-refractivity contribution < 1.29 is 9.59 Å². The lowest BCUT2D eigenvalue weighted by atomic mass is 9.80. The van der Waals surface area contributed by atoms with E-state index in [1.165, 1.54) is 19.3 Å². The van der Waals surface area contributed by atoms with Crippen LogP contribution in [0.2, 0.25) is 0 Å². The Kier molecular flexibility index (Phi) is 6.62. The van der Waals surface area contributed by atoms with E-state index in [1.54, 1.807) is 12.4 Å². The molecule has 3 aliphatic rings. The fourth-order valence-corrected chi connectivity index (χ4v) is 5.01. The minimum absolute atomic E-state index is 0.0771. The van der Waals surface area contributed by atoms with Crippen molar-refractivity contribution in [3.05, 3.63) is 18.5 Å². The second-order valence-corrected chi connectivity index (χ2v) is 8.75. The Hall–Kier alpha value is -2.18.